The summed E-state index contributed by atoms with van der Waals surface area (Å²) >= 11 is 0. The molecule has 1 saturated carbocycles. The maximum Gasteiger partial charge on any atom is 0.228 e. The molecule has 1 aromatic rings. The fourth-order valence-electron chi connectivity index (χ4n) is 3.36. The van der Waals surface area contributed by atoms with Crippen molar-refractivity contribution in [2.24, 2.45) is 5.92 Å². The number of carbonyl (C=O) groups excluding carboxylic acids is 2. The Labute approximate surface area is 125 Å². The molecule has 1 N–H and O–H groups in total. The second kappa shape index (κ2) is 6.33. The van der Waals surface area contributed by atoms with Crippen LogP contribution in [0.25, 0.3) is 0 Å². The average Bonchev–Trinajstić information content (AvgIpc) is 3.20. The fraction of sp³-hybridized carbons (Fsp3) is 0.625. The Hall–Kier alpha value is -1.78. The van der Waals surface area contributed by atoms with Gasteiger partial charge >= 0.3 is 0 Å². The summed E-state index contributed by atoms with van der Waals surface area (Å²) in [5, 5.41) is 0. The highest BCUT2D eigenvalue weighted by Crippen LogP contribution is 2.26. The Balaban J connectivity index is 1.48. The van der Waals surface area contributed by atoms with Gasteiger partial charge in [0.25, 0.3) is 0 Å². The minimum Gasteiger partial charge on any atom is -0.365 e. The number of amides is 2. The van der Waals surface area contributed by atoms with Gasteiger partial charge in [-0.15, -0.1) is 0 Å². The molecular formula is C16H23N3O2. The van der Waals surface area contributed by atoms with Crippen LogP contribution in [0.5, 0.6) is 0 Å². The number of hydrogen-bond donors (Lipinski definition) is 1. The summed E-state index contributed by atoms with van der Waals surface area (Å²) in [4.78, 5) is 31.4. The topological polar surface area (TPSA) is 56.4 Å². The second-order valence-electron chi connectivity index (χ2n) is 6.06. The van der Waals surface area contributed by atoms with Crippen molar-refractivity contribution in [3.8, 4) is 0 Å². The molecule has 0 spiro atoms. The molecule has 2 fully saturated rings. The van der Waals surface area contributed by atoms with Gasteiger partial charge in [0.05, 0.1) is 6.42 Å². The van der Waals surface area contributed by atoms with Gasteiger partial charge in [-0.1, -0.05) is 12.8 Å². The van der Waals surface area contributed by atoms with Crippen LogP contribution in [-0.2, 0) is 16.0 Å². The first kappa shape index (κ1) is 14.2. The maximum atomic E-state index is 12.4. The standard InChI is InChI=1S/C16H23N3O2/c20-15(12-14-6-3-7-17-14)18-8-10-19(11-9-18)16(21)13-4-1-2-5-13/h3,6-7,13,17H,1-2,4-5,8-12H2. The van der Waals surface area contributed by atoms with Gasteiger partial charge in [0.1, 0.15) is 0 Å². The molecule has 0 unspecified atom stereocenters. The van der Waals surface area contributed by atoms with Crippen molar-refractivity contribution < 1.29 is 9.59 Å². The normalized spacial score (nSPS) is 20.0. The molecule has 3 rings (SSSR count). The van der Waals surface area contributed by atoms with Crippen molar-refractivity contribution in [2.45, 2.75) is 32.1 Å². The molecule has 0 aromatic carbocycles. The van der Waals surface area contributed by atoms with E-state index >= 15 is 0 Å². The number of aromatic nitrogens is 1. The molecule has 21 heavy (non-hydrogen) atoms. The Morgan fingerprint density at radius 2 is 1.76 bits per heavy atom. The third kappa shape index (κ3) is 3.28. The van der Waals surface area contributed by atoms with E-state index in [9.17, 15) is 9.59 Å². The first-order valence-corrected chi connectivity index (χ1v) is 7.93. The molecule has 2 aliphatic rings. The van der Waals surface area contributed by atoms with Gasteiger partial charge in [-0.25, -0.2) is 0 Å². The zero-order valence-electron chi connectivity index (χ0n) is 12.4. The van der Waals surface area contributed by atoms with E-state index in [2.05, 4.69) is 4.98 Å². The van der Waals surface area contributed by atoms with Crippen molar-refractivity contribution in [1.82, 2.24) is 14.8 Å². The van der Waals surface area contributed by atoms with Crippen LogP contribution >= 0.6 is 0 Å². The Kier molecular flexibility index (Phi) is 4.27. The van der Waals surface area contributed by atoms with Crippen LogP contribution in [0.2, 0.25) is 0 Å². The van der Waals surface area contributed by atoms with Gasteiger partial charge in [0.2, 0.25) is 11.8 Å². The van der Waals surface area contributed by atoms with Gasteiger partial charge in [0, 0.05) is 44.0 Å². The van der Waals surface area contributed by atoms with Crippen molar-refractivity contribution in [2.75, 3.05) is 26.2 Å². The second-order valence-corrected chi connectivity index (χ2v) is 6.06. The molecule has 0 atom stereocenters. The third-order valence-corrected chi connectivity index (χ3v) is 4.65. The van der Waals surface area contributed by atoms with E-state index in [1.54, 1.807) is 0 Å². The van der Waals surface area contributed by atoms with E-state index < -0.39 is 0 Å². The van der Waals surface area contributed by atoms with E-state index in [1.165, 1.54) is 12.8 Å². The first-order chi connectivity index (χ1) is 10.2. The molecule has 5 nitrogen and oxygen atoms in total. The Morgan fingerprint density at radius 1 is 1.10 bits per heavy atom. The quantitative estimate of drug-likeness (QED) is 0.915. The predicted molar refractivity (Wildman–Crippen MR) is 79.6 cm³/mol. The molecule has 0 radical (unpaired) electrons. The number of hydrogen-bond acceptors (Lipinski definition) is 2. The van der Waals surface area contributed by atoms with Gasteiger partial charge in [-0.3, -0.25) is 9.59 Å². The van der Waals surface area contributed by atoms with Crippen LogP contribution in [0, 0.1) is 5.92 Å². The maximum absolute atomic E-state index is 12.4. The van der Waals surface area contributed by atoms with Gasteiger partial charge in [0.15, 0.2) is 0 Å². The van der Waals surface area contributed by atoms with Crippen molar-refractivity contribution in [3.63, 3.8) is 0 Å². The highest BCUT2D eigenvalue weighted by molar-refractivity contribution is 5.81. The number of piperazine rings is 1. The molecule has 2 heterocycles. The lowest BCUT2D eigenvalue weighted by molar-refractivity contribution is -0.141. The molecule has 2 amide bonds. The zero-order valence-corrected chi connectivity index (χ0v) is 12.4. The lowest BCUT2D eigenvalue weighted by Crippen LogP contribution is -2.52. The summed E-state index contributed by atoms with van der Waals surface area (Å²) in [7, 11) is 0. The smallest absolute Gasteiger partial charge is 0.228 e. The van der Waals surface area contributed by atoms with Crippen LogP contribution in [0.15, 0.2) is 18.3 Å². The monoisotopic (exact) mass is 289 g/mol. The Bertz CT molecular complexity index is 484. The number of aromatic amines is 1. The molecule has 0 bridgehead atoms. The lowest BCUT2D eigenvalue weighted by atomic mass is 10.1. The van der Waals surface area contributed by atoms with E-state index in [-0.39, 0.29) is 11.8 Å². The van der Waals surface area contributed by atoms with Crippen LogP contribution in [0.1, 0.15) is 31.4 Å². The summed E-state index contributed by atoms with van der Waals surface area (Å²) in [5.74, 6) is 0.695. The molecule has 5 heteroatoms. The number of carbonyl (C=O) groups is 2. The average molecular weight is 289 g/mol. The van der Waals surface area contributed by atoms with Crippen molar-refractivity contribution in [3.05, 3.63) is 24.0 Å². The first-order valence-electron chi connectivity index (χ1n) is 7.93. The number of nitrogens with one attached hydrogen (secondary N) is 1. The van der Waals surface area contributed by atoms with E-state index in [4.69, 9.17) is 0 Å². The van der Waals surface area contributed by atoms with E-state index in [0.717, 1.165) is 18.5 Å². The summed E-state index contributed by atoms with van der Waals surface area (Å²) in [6.07, 6.45) is 6.72. The number of rotatable bonds is 3. The van der Waals surface area contributed by atoms with Gasteiger partial charge < -0.3 is 14.8 Å². The molecule has 1 aromatic heterocycles. The number of H-pyrrole nitrogens is 1. The minimum atomic E-state index is 0.144. The van der Waals surface area contributed by atoms with E-state index in [1.807, 2.05) is 28.1 Å². The highest BCUT2D eigenvalue weighted by atomic mass is 16.2. The molecule has 1 aliphatic carbocycles. The van der Waals surface area contributed by atoms with Crippen molar-refractivity contribution in [1.29, 1.82) is 0 Å². The zero-order chi connectivity index (χ0) is 14.7. The fourth-order valence-corrected chi connectivity index (χ4v) is 3.36. The SMILES string of the molecule is O=C(Cc1ccc[nH]1)N1CCN(C(=O)C2CCCC2)CC1. The summed E-state index contributed by atoms with van der Waals surface area (Å²) in [5.41, 5.74) is 0.949. The van der Waals surface area contributed by atoms with Gasteiger partial charge in [-0.2, -0.15) is 0 Å². The summed E-state index contributed by atoms with van der Waals surface area (Å²) < 4.78 is 0. The molecular weight excluding hydrogens is 266 g/mol. The molecule has 114 valence electrons. The number of nitrogens with zero attached hydrogens (tertiary/aromatic N) is 2. The molecule has 1 saturated heterocycles. The molecule has 1 aliphatic heterocycles. The summed E-state index contributed by atoms with van der Waals surface area (Å²) in [6, 6.07) is 3.83. The van der Waals surface area contributed by atoms with Gasteiger partial charge in [-0.05, 0) is 25.0 Å². The summed E-state index contributed by atoms with van der Waals surface area (Å²) in [6.45, 7) is 2.70. The van der Waals surface area contributed by atoms with Crippen LogP contribution in [-0.4, -0.2) is 52.8 Å². The van der Waals surface area contributed by atoms with Crippen LogP contribution in [0.3, 0.4) is 0 Å². The lowest BCUT2D eigenvalue weighted by Gasteiger charge is -2.36. The van der Waals surface area contributed by atoms with Crippen molar-refractivity contribution >= 4 is 11.8 Å². The highest BCUT2D eigenvalue weighted by Gasteiger charge is 2.30. The van der Waals surface area contributed by atoms with Crippen LogP contribution in [0.4, 0.5) is 0 Å². The third-order valence-electron chi connectivity index (χ3n) is 4.65. The largest absolute Gasteiger partial charge is 0.365 e. The Morgan fingerprint density at radius 3 is 2.38 bits per heavy atom. The van der Waals surface area contributed by atoms with Crippen LogP contribution < -0.4 is 0 Å². The van der Waals surface area contributed by atoms with E-state index in [0.29, 0.717) is 38.5 Å². The predicted octanol–water partition coefficient (Wildman–Crippen LogP) is 1.42. The minimum absolute atomic E-state index is 0.144.